The lowest BCUT2D eigenvalue weighted by Crippen LogP contribution is -2.47. The van der Waals surface area contributed by atoms with Crippen molar-refractivity contribution in [2.45, 2.75) is 25.7 Å². The van der Waals surface area contributed by atoms with Crippen molar-refractivity contribution in [1.29, 1.82) is 0 Å². The topological polar surface area (TPSA) is 58.7 Å². The van der Waals surface area contributed by atoms with E-state index >= 15 is 0 Å². The maximum Gasteiger partial charge on any atom is 0.221 e. The van der Waals surface area contributed by atoms with Crippen LogP contribution in [-0.4, -0.2) is 26.0 Å². The third-order valence-corrected chi connectivity index (χ3v) is 5.46. The molecule has 1 aliphatic heterocycles. The molecule has 0 saturated heterocycles. The van der Waals surface area contributed by atoms with Crippen molar-refractivity contribution in [1.82, 2.24) is 0 Å². The molecular weight excluding hydrogens is 322 g/mol. The van der Waals surface area contributed by atoms with E-state index in [2.05, 4.69) is 49.2 Å². The summed E-state index contributed by atoms with van der Waals surface area (Å²) >= 11 is 0. The molecule has 0 aromatic heterocycles. The lowest BCUT2D eigenvalue weighted by molar-refractivity contribution is -0.122. The van der Waals surface area contributed by atoms with Gasteiger partial charge in [0.2, 0.25) is 5.91 Å². The van der Waals surface area contributed by atoms with E-state index in [1.165, 1.54) is 5.69 Å². The summed E-state index contributed by atoms with van der Waals surface area (Å²) in [5.74, 6) is -0.651. The van der Waals surface area contributed by atoms with Crippen LogP contribution in [0.15, 0.2) is 53.5 Å². The smallest absolute Gasteiger partial charge is 0.221 e. The Balaban J connectivity index is 2.09. The van der Waals surface area contributed by atoms with E-state index in [1.807, 2.05) is 31.2 Å². The highest BCUT2D eigenvalue weighted by molar-refractivity contribution is 5.80. The zero-order valence-corrected chi connectivity index (χ0v) is 15.8. The number of primary amides is 1. The third kappa shape index (κ3) is 3.24. The van der Waals surface area contributed by atoms with Gasteiger partial charge in [-0.1, -0.05) is 50.3 Å². The molecule has 2 atom stereocenters. The molecule has 0 bridgehead atoms. The maximum absolute atomic E-state index is 12.1. The second-order valence-corrected chi connectivity index (χ2v) is 7.15. The van der Waals surface area contributed by atoms with Crippen molar-refractivity contribution in [3.05, 3.63) is 64.7 Å². The molecule has 4 heteroatoms. The van der Waals surface area contributed by atoms with Gasteiger partial charge in [-0.3, -0.25) is 9.79 Å². The largest absolute Gasteiger partial charge is 0.375 e. The van der Waals surface area contributed by atoms with Crippen LogP contribution >= 0.6 is 0 Å². The first-order valence-electron chi connectivity index (χ1n) is 9.21. The summed E-state index contributed by atoms with van der Waals surface area (Å²) in [7, 11) is 2.10. The Kier molecular flexibility index (Phi) is 5.12. The Morgan fingerprint density at radius 1 is 1.23 bits per heavy atom. The van der Waals surface area contributed by atoms with Crippen LogP contribution in [0.3, 0.4) is 0 Å². The van der Waals surface area contributed by atoms with E-state index in [4.69, 9.17) is 10.7 Å². The Morgan fingerprint density at radius 3 is 2.58 bits per heavy atom. The van der Waals surface area contributed by atoms with Crippen molar-refractivity contribution in [3.8, 4) is 0 Å². The molecule has 4 nitrogen and oxygen atoms in total. The van der Waals surface area contributed by atoms with Gasteiger partial charge >= 0.3 is 0 Å². The van der Waals surface area contributed by atoms with Gasteiger partial charge in [-0.05, 0) is 35.4 Å². The Bertz CT molecular complexity index is 904. The van der Waals surface area contributed by atoms with Gasteiger partial charge in [0.1, 0.15) is 0 Å². The van der Waals surface area contributed by atoms with Crippen LogP contribution in [0.25, 0.3) is 6.08 Å². The highest BCUT2D eigenvalue weighted by Gasteiger charge is 2.40. The van der Waals surface area contributed by atoms with Gasteiger partial charge < -0.3 is 10.6 Å². The number of carbonyl (C=O) groups excluding carboxylic acids is 1. The quantitative estimate of drug-likeness (QED) is 0.867. The summed E-state index contributed by atoms with van der Waals surface area (Å²) in [5.41, 5.74) is 7.46. The van der Waals surface area contributed by atoms with Crippen molar-refractivity contribution in [3.63, 3.8) is 0 Å². The van der Waals surface area contributed by atoms with Gasteiger partial charge in [0.05, 0.1) is 11.9 Å². The second-order valence-electron chi connectivity index (χ2n) is 7.15. The fourth-order valence-electron chi connectivity index (χ4n) is 3.72. The van der Waals surface area contributed by atoms with Crippen LogP contribution in [0, 0.1) is 5.92 Å². The Labute approximate surface area is 155 Å². The molecule has 0 fully saturated rings. The highest BCUT2D eigenvalue weighted by atomic mass is 16.1. The first-order valence-corrected chi connectivity index (χ1v) is 9.21. The second kappa shape index (κ2) is 7.32. The Hall–Kier alpha value is -2.62. The molecule has 1 amide bonds. The van der Waals surface area contributed by atoms with Gasteiger partial charge in [-0.15, -0.1) is 0 Å². The maximum atomic E-state index is 12.1. The van der Waals surface area contributed by atoms with E-state index in [1.54, 1.807) is 0 Å². The predicted molar refractivity (Wildman–Crippen MR) is 107 cm³/mol. The zero-order valence-electron chi connectivity index (χ0n) is 15.8. The highest BCUT2D eigenvalue weighted by Crippen LogP contribution is 2.36. The third-order valence-electron chi connectivity index (χ3n) is 5.46. The van der Waals surface area contributed by atoms with E-state index in [-0.39, 0.29) is 11.8 Å². The fourth-order valence-corrected chi connectivity index (χ4v) is 3.72. The molecule has 2 aromatic carbocycles. The first-order chi connectivity index (χ1) is 12.5. The average molecular weight is 349 g/mol. The lowest BCUT2D eigenvalue weighted by Gasteiger charge is -2.36. The molecule has 0 radical (unpaired) electrons. The Morgan fingerprint density at radius 2 is 1.92 bits per heavy atom. The molecule has 1 aliphatic rings. The van der Waals surface area contributed by atoms with E-state index < -0.39 is 5.41 Å². The predicted octanol–water partition coefficient (Wildman–Crippen LogP) is 2.01. The van der Waals surface area contributed by atoms with Gasteiger partial charge in [0.25, 0.3) is 0 Å². The molecule has 2 unspecified atom stereocenters. The molecular formula is C22H27N3O. The number of fused-ring (bicyclic) bond motifs is 1. The lowest BCUT2D eigenvalue weighted by atomic mass is 9.69. The monoisotopic (exact) mass is 349 g/mol. The number of hydrogen-bond acceptors (Lipinski definition) is 3. The summed E-state index contributed by atoms with van der Waals surface area (Å²) < 4.78 is 0. The number of rotatable bonds is 6. The summed E-state index contributed by atoms with van der Waals surface area (Å²) in [6.45, 7) is 5.61. The molecule has 0 aliphatic carbocycles. The van der Waals surface area contributed by atoms with Gasteiger partial charge in [0, 0.05) is 30.6 Å². The molecule has 2 N–H and O–H groups in total. The number of nitrogens with two attached hydrogens (primary N) is 1. The number of nitrogens with zero attached hydrogens (tertiary/aromatic N) is 2. The molecule has 0 saturated carbocycles. The normalized spacial score (nSPS) is 19.7. The summed E-state index contributed by atoms with van der Waals surface area (Å²) in [6.07, 6.45) is 3.28. The van der Waals surface area contributed by atoms with Crippen molar-refractivity contribution < 1.29 is 4.79 Å². The molecule has 26 heavy (non-hydrogen) atoms. The van der Waals surface area contributed by atoms with Crippen LogP contribution in [0.5, 0.6) is 0 Å². The molecule has 136 valence electrons. The van der Waals surface area contributed by atoms with Gasteiger partial charge in [-0.25, -0.2) is 0 Å². The van der Waals surface area contributed by atoms with Crippen LogP contribution in [0.1, 0.15) is 25.8 Å². The van der Waals surface area contributed by atoms with E-state index in [9.17, 15) is 4.79 Å². The van der Waals surface area contributed by atoms with Crippen LogP contribution < -0.4 is 21.2 Å². The minimum Gasteiger partial charge on any atom is -0.375 e. The van der Waals surface area contributed by atoms with Crippen LogP contribution in [0.4, 0.5) is 5.69 Å². The number of benzene rings is 2. The van der Waals surface area contributed by atoms with Crippen LogP contribution in [0.2, 0.25) is 0 Å². The minimum atomic E-state index is -0.512. The van der Waals surface area contributed by atoms with Crippen molar-refractivity contribution in [2.24, 2.45) is 16.6 Å². The summed E-state index contributed by atoms with van der Waals surface area (Å²) in [4.78, 5) is 19.1. The fraction of sp³-hybridized carbons (Fsp3) is 0.364. The van der Waals surface area contributed by atoms with Crippen molar-refractivity contribution >= 4 is 17.7 Å². The summed E-state index contributed by atoms with van der Waals surface area (Å²) in [6, 6.07) is 16.5. The van der Waals surface area contributed by atoms with E-state index in [0.717, 1.165) is 29.1 Å². The van der Waals surface area contributed by atoms with Crippen molar-refractivity contribution in [2.75, 3.05) is 25.0 Å². The molecule has 1 heterocycles. The zero-order chi connectivity index (χ0) is 18.7. The number of carbonyl (C=O) groups is 1. The molecule has 2 aromatic rings. The SMILES string of the molecule is CCCN(C)c1ccc(C2(C(C)C(N)=O)C=c3ccccc3=NC2)cc1. The molecule has 0 spiro atoms. The van der Waals surface area contributed by atoms with Crippen LogP contribution in [-0.2, 0) is 10.2 Å². The molecule has 3 rings (SSSR count). The number of amides is 1. The average Bonchev–Trinajstić information content (AvgIpc) is 2.67. The number of anilines is 1. The standard InChI is InChI=1S/C22H27N3O/c1-4-13-25(3)19-11-9-18(10-12-19)22(16(2)21(23)26)14-17-7-5-6-8-20(17)24-15-22/h5-12,14,16H,4,13,15H2,1-3H3,(H2,23,26). The van der Waals surface area contributed by atoms with Gasteiger partial charge in [-0.2, -0.15) is 0 Å². The minimum absolute atomic E-state index is 0.303. The summed E-state index contributed by atoms with van der Waals surface area (Å²) in [5, 5.41) is 2.03. The number of para-hydroxylation sites is 1. The van der Waals surface area contributed by atoms with E-state index in [0.29, 0.717) is 6.54 Å². The first kappa shape index (κ1) is 18.2. The van der Waals surface area contributed by atoms with Gasteiger partial charge in [0.15, 0.2) is 0 Å². The number of hydrogen-bond donors (Lipinski definition) is 1.